The first-order valence-corrected chi connectivity index (χ1v) is 16.8. The van der Waals surface area contributed by atoms with E-state index >= 15 is 0 Å². The highest BCUT2D eigenvalue weighted by atomic mass is 16.6. The summed E-state index contributed by atoms with van der Waals surface area (Å²) in [6.45, 7) is 16.8. The lowest BCUT2D eigenvalue weighted by Gasteiger charge is -2.45. The van der Waals surface area contributed by atoms with Crippen LogP contribution in [0.2, 0.25) is 0 Å². The number of Topliss-reactive ketones (excluding diaryl/α,β-unsaturated/α-hetero) is 1. The zero-order chi connectivity index (χ0) is 30.4. The molecule has 2 saturated heterocycles. The van der Waals surface area contributed by atoms with Crippen molar-refractivity contribution in [1.29, 1.82) is 0 Å². The highest BCUT2D eigenvalue weighted by molar-refractivity contribution is 5.90. The van der Waals surface area contributed by atoms with E-state index in [2.05, 4.69) is 40.9 Å². The van der Waals surface area contributed by atoms with E-state index in [0.29, 0.717) is 59.4 Å². The highest BCUT2D eigenvalue weighted by Gasteiger charge is 2.54. The second kappa shape index (κ2) is 12.2. The van der Waals surface area contributed by atoms with Crippen LogP contribution < -0.4 is 0 Å². The molecule has 0 spiro atoms. The molecule has 6 nitrogen and oxygen atoms in total. The fourth-order valence-electron chi connectivity index (χ4n) is 10.7. The van der Waals surface area contributed by atoms with Crippen LogP contribution in [-0.2, 0) is 23.9 Å². The van der Waals surface area contributed by atoms with Crippen LogP contribution in [0.15, 0.2) is 24.3 Å². The van der Waals surface area contributed by atoms with Gasteiger partial charge in [0.25, 0.3) is 0 Å². The van der Waals surface area contributed by atoms with E-state index in [4.69, 9.17) is 9.47 Å². The summed E-state index contributed by atoms with van der Waals surface area (Å²) in [4.78, 5) is 35.1. The van der Waals surface area contributed by atoms with Gasteiger partial charge in [0.2, 0.25) is 0 Å². The summed E-state index contributed by atoms with van der Waals surface area (Å²) in [5.74, 6) is 3.05. The van der Waals surface area contributed by atoms with Crippen LogP contribution in [0.3, 0.4) is 0 Å². The fraction of sp³-hybridized carbons (Fsp3) is 0.806. The minimum atomic E-state index is -0.226. The van der Waals surface area contributed by atoms with E-state index in [9.17, 15) is 19.5 Å². The molecule has 2 aliphatic heterocycles. The summed E-state index contributed by atoms with van der Waals surface area (Å²) >= 11 is 0. The molecule has 6 aliphatic rings. The van der Waals surface area contributed by atoms with Gasteiger partial charge >= 0.3 is 11.9 Å². The number of hydrogen-bond acceptors (Lipinski definition) is 6. The zero-order valence-corrected chi connectivity index (χ0v) is 26.5. The number of aliphatic hydroxyl groups is 1. The molecular formula is C36H54O6. The summed E-state index contributed by atoms with van der Waals surface area (Å²) in [5.41, 5.74) is 1.68. The maximum Gasteiger partial charge on any atom is 0.333 e. The Bertz CT molecular complexity index is 1060. The standard InChI is InChI=1S/C18H28O3.C18H26O3/c2*1-11(9-13-10-12(2)17(20)21-13)14-6-7-15-16(19)5-4-8-18(14,15)3/h11,13-16,19H,2,4-10H2,1,3H3;11,13-15H,2,4-10H2,1,3H3/t11-,13+,14-,15+,16+,18-;11-,13+,14-,15+,18-/m11/s1. The first kappa shape index (κ1) is 31.5. The molecule has 6 heteroatoms. The predicted octanol–water partition coefficient (Wildman–Crippen LogP) is 7.13. The molecule has 1 N–H and O–H groups in total. The minimum absolute atomic E-state index is 0.00180. The number of rotatable bonds is 6. The smallest absolute Gasteiger partial charge is 0.333 e. The Morgan fingerprint density at radius 3 is 1.86 bits per heavy atom. The third-order valence-electron chi connectivity index (χ3n) is 12.8. The van der Waals surface area contributed by atoms with Gasteiger partial charge in [0.1, 0.15) is 18.0 Å². The Kier molecular flexibility index (Phi) is 9.15. The third-order valence-corrected chi connectivity index (χ3v) is 12.8. The Morgan fingerprint density at radius 2 is 1.31 bits per heavy atom. The number of fused-ring (bicyclic) bond motifs is 2. The van der Waals surface area contributed by atoms with Crippen molar-refractivity contribution >= 4 is 17.7 Å². The summed E-state index contributed by atoms with van der Waals surface area (Å²) in [5, 5.41) is 10.3. The minimum Gasteiger partial charge on any atom is -0.459 e. The number of hydrogen-bond donors (Lipinski definition) is 1. The molecule has 4 aliphatic carbocycles. The van der Waals surface area contributed by atoms with E-state index in [1.165, 1.54) is 19.3 Å². The molecule has 2 heterocycles. The monoisotopic (exact) mass is 582 g/mol. The lowest BCUT2D eigenvalue weighted by molar-refractivity contribution is -0.140. The van der Waals surface area contributed by atoms with Gasteiger partial charge in [-0.15, -0.1) is 0 Å². The molecule has 0 aromatic carbocycles. The number of cyclic esters (lactones) is 2. The van der Waals surface area contributed by atoms with Crippen molar-refractivity contribution in [2.24, 2.45) is 46.3 Å². The number of aliphatic hydroxyl groups excluding tert-OH is 1. The van der Waals surface area contributed by atoms with E-state index in [-0.39, 0.29) is 47.0 Å². The molecule has 0 amide bonds. The van der Waals surface area contributed by atoms with Gasteiger partial charge in [0, 0.05) is 36.3 Å². The van der Waals surface area contributed by atoms with Crippen LogP contribution in [-0.4, -0.2) is 41.1 Å². The van der Waals surface area contributed by atoms with Gasteiger partial charge in [-0.3, -0.25) is 4.79 Å². The van der Waals surface area contributed by atoms with Gasteiger partial charge < -0.3 is 14.6 Å². The van der Waals surface area contributed by atoms with E-state index in [1.807, 2.05) is 0 Å². The largest absolute Gasteiger partial charge is 0.459 e. The highest BCUT2D eigenvalue weighted by Crippen LogP contribution is 2.59. The predicted molar refractivity (Wildman–Crippen MR) is 162 cm³/mol. The maximum atomic E-state index is 12.2. The number of carbonyl (C=O) groups is 3. The molecule has 6 rings (SSSR count). The number of ketones is 1. The zero-order valence-electron chi connectivity index (χ0n) is 26.5. The molecule has 42 heavy (non-hydrogen) atoms. The lowest BCUT2D eigenvalue weighted by Crippen LogP contribution is -2.41. The lowest BCUT2D eigenvalue weighted by atomic mass is 9.61. The summed E-state index contributed by atoms with van der Waals surface area (Å²) in [6.07, 6.45) is 14.1. The van der Waals surface area contributed by atoms with Crippen molar-refractivity contribution in [3.05, 3.63) is 24.3 Å². The van der Waals surface area contributed by atoms with E-state index < -0.39 is 0 Å². The van der Waals surface area contributed by atoms with Crippen molar-refractivity contribution in [1.82, 2.24) is 0 Å². The van der Waals surface area contributed by atoms with Crippen molar-refractivity contribution < 1.29 is 29.0 Å². The average Bonchev–Trinajstić information content (AvgIpc) is 3.64. The summed E-state index contributed by atoms with van der Waals surface area (Å²) in [7, 11) is 0. The first-order valence-electron chi connectivity index (χ1n) is 16.8. The number of carbonyl (C=O) groups excluding carboxylic acids is 3. The molecule has 0 bridgehead atoms. The Balaban J connectivity index is 0.000000168. The quantitative estimate of drug-likeness (QED) is 0.265. The van der Waals surface area contributed by atoms with Crippen molar-refractivity contribution in [3.8, 4) is 0 Å². The molecule has 6 fully saturated rings. The Labute approximate surface area is 253 Å². The molecule has 0 aromatic rings. The van der Waals surface area contributed by atoms with Crippen LogP contribution in [0.4, 0.5) is 0 Å². The van der Waals surface area contributed by atoms with Crippen molar-refractivity contribution in [3.63, 3.8) is 0 Å². The molecule has 234 valence electrons. The van der Waals surface area contributed by atoms with E-state index in [0.717, 1.165) is 57.8 Å². The Hall–Kier alpha value is -1.95. The van der Waals surface area contributed by atoms with Crippen molar-refractivity contribution in [2.45, 2.75) is 136 Å². The van der Waals surface area contributed by atoms with Crippen LogP contribution in [0.25, 0.3) is 0 Å². The van der Waals surface area contributed by atoms with Gasteiger partial charge in [0.05, 0.1) is 6.10 Å². The SMILES string of the molecule is C=C1C[C@H](C[C@@H](C)[C@H]2CC[C@H]3C(=O)CCC[C@]23C)OC1=O.C=C1C[C@H](C[C@@H](C)[C@H]2CC[C@H]3[C@@H](O)CCC[C@]23C)OC1=O. The van der Waals surface area contributed by atoms with Gasteiger partial charge in [-0.05, 0) is 105 Å². The molecule has 0 unspecified atom stereocenters. The van der Waals surface area contributed by atoms with Crippen LogP contribution in [0.5, 0.6) is 0 Å². The van der Waals surface area contributed by atoms with Gasteiger partial charge in [-0.1, -0.05) is 47.3 Å². The number of esters is 2. The van der Waals surface area contributed by atoms with Gasteiger partial charge in [0.15, 0.2) is 0 Å². The van der Waals surface area contributed by atoms with Crippen LogP contribution >= 0.6 is 0 Å². The molecule has 11 atom stereocenters. The van der Waals surface area contributed by atoms with Gasteiger partial charge in [-0.2, -0.15) is 0 Å². The van der Waals surface area contributed by atoms with Crippen molar-refractivity contribution in [2.75, 3.05) is 0 Å². The molecular weight excluding hydrogens is 528 g/mol. The second-order valence-electron chi connectivity index (χ2n) is 15.4. The summed E-state index contributed by atoms with van der Waals surface area (Å²) in [6, 6.07) is 0. The normalized spacial score (nSPS) is 42.8. The third kappa shape index (κ3) is 5.90. The maximum absolute atomic E-state index is 12.2. The first-order chi connectivity index (χ1) is 19.8. The van der Waals surface area contributed by atoms with Crippen LogP contribution in [0, 0.1) is 46.3 Å². The summed E-state index contributed by atoms with van der Waals surface area (Å²) < 4.78 is 10.8. The molecule has 0 radical (unpaired) electrons. The molecule has 0 aromatic heterocycles. The van der Waals surface area contributed by atoms with Gasteiger partial charge in [-0.25, -0.2) is 9.59 Å². The number of ether oxygens (including phenoxy) is 2. The second-order valence-corrected chi connectivity index (χ2v) is 15.4. The average molecular weight is 583 g/mol. The Morgan fingerprint density at radius 1 is 0.786 bits per heavy atom. The van der Waals surface area contributed by atoms with E-state index in [1.54, 1.807) is 0 Å². The fourth-order valence-corrected chi connectivity index (χ4v) is 10.7. The topological polar surface area (TPSA) is 89.9 Å². The molecule has 4 saturated carbocycles. The van der Waals surface area contributed by atoms with Crippen LogP contribution in [0.1, 0.15) is 118 Å².